The number of alkyl halides is 3. The molecule has 2 N–H and O–H groups in total. The summed E-state index contributed by atoms with van der Waals surface area (Å²) in [6.45, 7) is 1.03. The van der Waals surface area contributed by atoms with Crippen molar-refractivity contribution in [3.05, 3.63) is 30.0 Å². The summed E-state index contributed by atoms with van der Waals surface area (Å²) in [5.41, 5.74) is -1.27. The molecule has 0 aliphatic carbocycles. The zero-order valence-corrected chi connectivity index (χ0v) is 15.1. The fourth-order valence-electron chi connectivity index (χ4n) is 2.32. The van der Waals surface area contributed by atoms with E-state index in [9.17, 15) is 27.6 Å². The summed E-state index contributed by atoms with van der Waals surface area (Å²) in [7, 11) is 0. The monoisotopic (exact) mass is 411 g/mol. The molecule has 0 saturated heterocycles. The lowest BCUT2D eigenvalue weighted by Gasteiger charge is -2.28. The van der Waals surface area contributed by atoms with E-state index in [0.29, 0.717) is 5.75 Å². The normalized spacial score (nSPS) is 13.7. The summed E-state index contributed by atoms with van der Waals surface area (Å²) >= 11 is 0. The summed E-state index contributed by atoms with van der Waals surface area (Å²) < 4.78 is 48.7. The van der Waals surface area contributed by atoms with Gasteiger partial charge in [-0.05, 0) is 25.1 Å². The van der Waals surface area contributed by atoms with Gasteiger partial charge in [0.15, 0.2) is 6.61 Å². The van der Waals surface area contributed by atoms with Gasteiger partial charge in [0, 0.05) is 5.69 Å². The van der Waals surface area contributed by atoms with Gasteiger partial charge in [-0.3, -0.25) is 9.69 Å². The number of rotatable bonds is 5. The van der Waals surface area contributed by atoms with Crippen LogP contribution in [0.15, 0.2) is 30.0 Å². The van der Waals surface area contributed by atoms with Crippen LogP contribution in [0.4, 0.5) is 29.3 Å². The lowest BCUT2D eigenvalue weighted by Crippen LogP contribution is -2.39. The van der Waals surface area contributed by atoms with Crippen molar-refractivity contribution in [1.29, 1.82) is 0 Å². The molecule has 0 spiro atoms. The first-order valence-corrected chi connectivity index (χ1v) is 8.20. The number of fused-ring (bicyclic) bond motifs is 1. The largest absolute Gasteiger partial charge is 0.482 e. The second kappa shape index (κ2) is 9.01. The van der Waals surface area contributed by atoms with Gasteiger partial charge in [0.2, 0.25) is 0 Å². The molecule has 2 rings (SSSR count). The van der Waals surface area contributed by atoms with Crippen LogP contribution in [0, 0.1) is 12.3 Å². The highest BCUT2D eigenvalue weighted by Gasteiger charge is 2.36. The second-order valence-electron chi connectivity index (χ2n) is 5.54. The Morgan fingerprint density at radius 3 is 2.76 bits per heavy atom. The molecule has 29 heavy (non-hydrogen) atoms. The Balaban J connectivity index is 2.19. The first-order chi connectivity index (χ1) is 13.7. The van der Waals surface area contributed by atoms with Crippen LogP contribution in [0.1, 0.15) is 6.92 Å². The van der Waals surface area contributed by atoms with Crippen molar-refractivity contribution < 1.29 is 37.0 Å². The second-order valence-corrected chi connectivity index (χ2v) is 5.54. The number of carbonyl (C=O) groups excluding carboxylic acids is 3. The van der Waals surface area contributed by atoms with Crippen molar-refractivity contribution in [3.8, 4) is 18.1 Å². The van der Waals surface area contributed by atoms with E-state index in [1.807, 2.05) is 0 Å². The number of hydrogen-bond donors (Lipinski definition) is 2. The maximum Gasteiger partial charge on any atom is 0.431 e. The molecule has 0 bridgehead atoms. The Labute approximate surface area is 163 Å². The molecule has 1 aliphatic heterocycles. The van der Waals surface area contributed by atoms with Gasteiger partial charge < -0.3 is 20.1 Å². The number of nitrogens with zero attached hydrogens (tertiary/aromatic N) is 1. The van der Waals surface area contributed by atoms with Crippen LogP contribution < -0.4 is 20.3 Å². The van der Waals surface area contributed by atoms with Gasteiger partial charge in [-0.15, -0.1) is 6.42 Å². The number of ether oxygens (including phenoxy) is 2. The Morgan fingerprint density at radius 1 is 1.41 bits per heavy atom. The molecule has 0 radical (unpaired) electrons. The zero-order chi connectivity index (χ0) is 21.6. The van der Waals surface area contributed by atoms with Gasteiger partial charge >= 0.3 is 18.2 Å². The molecular formula is C18H16F3N3O5. The molecular weight excluding hydrogens is 395 g/mol. The highest BCUT2D eigenvalue weighted by molar-refractivity contribution is 6.00. The van der Waals surface area contributed by atoms with E-state index in [1.165, 1.54) is 30.0 Å². The van der Waals surface area contributed by atoms with E-state index in [2.05, 4.69) is 16.0 Å². The molecule has 1 heterocycles. The van der Waals surface area contributed by atoms with Crippen molar-refractivity contribution in [2.45, 2.75) is 13.1 Å². The minimum absolute atomic E-state index is 0.0503. The fraction of sp³-hybridized carbons (Fsp3) is 0.278. The van der Waals surface area contributed by atoms with Crippen molar-refractivity contribution in [2.24, 2.45) is 0 Å². The molecule has 0 fully saturated rings. The number of amides is 3. The quantitative estimate of drug-likeness (QED) is 0.440. The van der Waals surface area contributed by atoms with E-state index < -0.39 is 29.8 Å². The predicted octanol–water partition coefficient (Wildman–Crippen LogP) is 2.18. The maximum absolute atomic E-state index is 13.0. The molecule has 1 aromatic carbocycles. The summed E-state index contributed by atoms with van der Waals surface area (Å²) in [5.74, 6) is 0.973. The minimum Gasteiger partial charge on any atom is -0.482 e. The molecule has 1 aliphatic rings. The zero-order valence-electron chi connectivity index (χ0n) is 15.1. The highest BCUT2D eigenvalue weighted by atomic mass is 19.4. The average molecular weight is 411 g/mol. The van der Waals surface area contributed by atoms with Crippen LogP contribution in [0.2, 0.25) is 0 Å². The van der Waals surface area contributed by atoms with Gasteiger partial charge in [-0.1, -0.05) is 5.92 Å². The first kappa shape index (κ1) is 21.6. The molecule has 11 heteroatoms. The third-order valence-electron chi connectivity index (χ3n) is 3.51. The van der Waals surface area contributed by atoms with Crippen molar-refractivity contribution >= 4 is 29.3 Å². The molecule has 0 saturated carbocycles. The number of allylic oxidation sites excluding steroid dienone is 1. The van der Waals surface area contributed by atoms with Gasteiger partial charge in [0.1, 0.15) is 11.4 Å². The number of nitrogens with one attached hydrogen (secondary N) is 2. The fourth-order valence-corrected chi connectivity index (χ4v) is 2.32. The number of terminal acetylenes is 1. The maximum atomic E-state index is 13.0. The lowest BCUT2D eigenvalue weighted by atomic mass is 10.2. The average Bonchev–Trinajstić information content (AvgIpc) is 2.63. The van der Waals surface area contributed by atoms with Gasteiger partial charge in [0.25, 0.3) is 5.91 Å². The Kier molecular flexibility index (Phi) is 6.71. The molecule has 1 aromatic rings. The third-order valence-corrected chi connectivity index (χ3v) is 3.51. The van der Waals surface area contributed by atoms with Crippen molar-refractivity contribution in [3.63, 3.8) is 0 Å². The topological polar surface area (TPSA) is 97.0 Å². The molecule has 0 aromatic heterocycles. The number of halogens is 3. The van der Waals surface area contributed by atoms with E-state index in [-0.39, 0.29) is 37.2 Å². The number of esters is 1. The van der Waals surface area contributed by atoms with Crippen LogP contribution in [-0.2, 0) is 14.3 Å². The summed E-state index contributed by atoms with van der Waals surface area (Å²) in [5, 5.41) is 3.75. The van der Waals surface area contributed by atoms with Crippen LogP contribution >= 0.6 is 0 Å². The minimum atomic E-state index is -5.00. The summed E-state index contributed by atoms with van der Waals surface area (Å²) in [6.07, 6.45) is 0.379. The molecule has 154 valence electrons. The van der Waals surface area contributed by atoms with Crippen LogP contribution in [0.3, 0.4) is 0 Å². The van der Waals surface area contributed by atoms with E-state index in [4.69, 9.17) is 11.2 Å². The smallest absolute Gasteiger partial charge is 0.431 e. The molecule has 0 unspecified atom stereocenters. The van der Waals surface area contributed by atoms with Gasteiger partial charge in [0.05, 0.1) is 24.9 Å². The number of hydrogen-bond acceptors (Lipinski definition) is 5. The summed E-state index contributed by atoms with van der Waals surface area (Å²) in [6, 6.07) is 2.86. The van der Waals surface area contributed by atoms with Gasteiger partial charge in [-0.2, -0.15) is 13.2 Å². The van der Waals surface area contributed by atoms with Crippen LogP contribution in [0.5, 0.6) is 5.75 Å². The van der Waals surface area contributed by atoms with E-state index >= 15 is 0 Å². The lowest BCUT2D eigenvalue weighted by molar-refractivity contribution is -0.138. The van der Waals surface area contributed by atoms with E-state index in [0.717, 1.165) is 0 Å². The van der Waals surface area contributed by atoms with Crippen LogP contribution in [-0.4, -0.2) is 43.8 Å². The standard InChI is InChI=1S/C18H16F3N3O5/c1-3-7-24-12-8-11(5-6-13(12)29-10-15(24)25)22-17(27)23-14(18(19,20)21)9-16(26)28-4-2/h1,5-6,8-9H,4,7,10H2,2H3,(H2,22,23,27). The third kappa shape index (κ3) is 5.65. The molecule has 3 amide bonds. The summed E-state index contributed by atoms with van der Waals surface area (Å²) in [4.78, 5) is 36.4. The van der Waals surface area contributed by atoms with Crippen LogP contribution in [0.25, 0.3) is 0 Å². The Morgan fingerprint density at radius 2 is 2.14 bits per heavy atom. The number of benzene rings is 1. The van der Waals surface area contributed by atoms with Gasteiger partial charge in [-0.25, -0.2) is 9.59 Å². The Hall–Kier alpha value is -3.68. The molecule has 0 atom stereocenters. The SMILES string of the molecule is C#CCN1C(=O)COc2ccc(NC(=O)NC(=CC(=O)OCC)C(F)(F)F)cc21. The predicted molar refractivity (Wildman–Crippen MR) is 96.0 cm³/mol. The number of anilines is 2. The van der Waals surface area contributed by atoms with Crippen molar-refractivity contribution in [2.75, 3.05) is 30.0 Å². The van der Waals surface area contributed by atoms with Crippen molar-refractivity contribution in [1.82, 2.24) is 5.32 Å². The van der Waals surface area contributed by atoms with E-state index in [1.54, 1.807) is 5.32 Å². The molecule has 8 nitrogen and oxygen atoms in total. The number of carbonyl (C=O) groups is 3. The Bertz CT molecular complexity index is 890. The first-order valence-electron chi connectivity index (χ1n) is 8.20. The highest BCUT2D eigenvalue weighted by Crippen LogP contribution is 2.34. The number of urea groups is 1.